The fraction of sp³-hybridized carbons (Fsp3) is 0.346. The first-order chi connectivity index (χ1) is 17.0. The van der Waals surface area contributed by atoms with E-state index in [1.54, 1.807) is 21.1 Å². The number of methoxy groups -OCH3 is 1. The second-order valence-electron chi connectivity index (χ2n) is 8.45. The summed E-state index contributed by atoms with van der Waals surface area (Å²) >= 11 is 0. The summed E-state index contributed by atoms with van der Waals surface area (Å²) in [5.41, 5.74) is 2.30. The van der Waals surface area contributed by atoms with Gasteiger partial charge in [-0.25, -0.2) is 4.79 Å². The molecule has 1 saturated heterocycles. The molecule has 1 aliphatic heterocycles. The topological polar surface area (TPSA) is 82.9 Å². The van der Waals surface area contributed by atoms with Gasteiger partial charge in [-0.3, -0.25) is 15.0 Å². The van der Waals surface area contributed by atoms with Crippen molar-refractivity contribution in [3.05, 3.63) is 66.4 Å². The molecule has 184 valence electrons. The van der Waals surface area contributed by atoms with Crippen LogP contribution < -0.4 is 24.8 Å². The van der Waals surface area contributed by atoms with Crippen LogP contribution >= 0.6 is 0 Å². The number of aromatic nitrogens is 2. The normalized spacial score (nSPS) is 13.5. The van der Waals surface area contributed by atoms with E-state index in [4.69, 9.17) is 9.72 Å². The molecule has 0 aliphatic carbocycles. The molecule has 2 heterocycles. The van der Waals surface area contributed by atoms with Crippen molar-refractivity contribution in [3.63, 3.8) is 0 Å². The Morgan fingerprint density at radius 3 is 2.29 bits per heavy atom. The molecule has 9 heteroatoms. The third-order valence-electron chi connectivity index (χ3n) is 6.15. The Labute approximate surface area is 205 Å². The molecule has 1 aliphatic rings. The molecule has 9 nitrogen and oxygen atoms in total. The van der Waals surface area contributed by atoms with Crippen LogP contribution in [0.4, 0.5) is 22.2 Å². The number of imide groups is 1. The highest BCUT2D eigenvalue weighted by Gasteiger charge is 2.24. The van der Waals surface area contributed by atoms with Crippen molar-refractivity contribution < 1.29 is 14.3 Å². The third kappa shape index (κ3) is 5.74. The molecule has 1 N–H and O–H groups in total. The van der Waals surface area contributed by atoms with Crippen molar-refractivity contribution >= 4 is 29.4 Å². The van der Waals surface area contributed by atoms with E-state index in [-0.39, 0.29) is 12.3 Å². The summed E-state index contributed by atoms with van der Waals surface area (Å²) in [4.78, 5) is 35.0. The molecule has 0 saturated carbocycles. The van der Waals surface area contributed by atoms with Crippen LogP contribution in [0, 0.1) is 0 Å². The zero-order valence-corrected chi connectivity index (χ0v) is 20.5. The highest BCUT2D eigenvalue weighted by atomic mass is 16.5. The van der Waals surface area contributed by atoms with E-state index >= 15 is 0 Å². The highest BCUT2D eigenvalue weighted by Crippen LogP contribution is 2.25. The van der Waals surface area contributed by atoms with E-state index in [9.17, 15) is 9.59 Å². The second-order valence-corrected chi connectivity index (χ2v) is 8.45. The van der Waals surface area contributed by atoms with Gasteiger partial charge in [0.2, 0.25) is 11.9 Å². The van der Waals surface area contributed by atoms with E-state index in [0.717, 1.165) is 49.1 Å². The van der Waals surface area contributed by atoms with Gasteiger partial charge < -0.3 is 19.1 Å². The maximum atomic E-state index is 12.5. The highest BCUT2D eigenvalue weighted by molar-refractivity contribution is 6.01. The number of carbonyl (C=O) groups is 2. The van der Waals surface area contributed by atoms with Gasteiger partial charge in [0.1, 0.15) is 5.75 Å². The van der Waals surface area contributed by atoms with E-state index in [2.05, 4.69) is 43.9 Å². The number of ether oxygens (including phenoxy) is 1. The summed E-state index contributed by atoms with van der Waals surface area (Å²) in [5.74, 6) is 1.83. The standard InChI is InChI=1S/C26H32N6O3/c1-4-24(33)28-26(34)29(2)23-19-32(18-20-8-6-5-7-9-20)25(27-23)31-16-14-30(15-17-31)21-10-12-22(35-3)13-11-21/h5-13,19H,4,14-18H2,1-3H3,(H,28,33,34). The van der Waals surface area contributed by atoms with Crippen LogP contribution in [0.15, 0.2) is 60.8 Å². The van der Waals surface area contributed by atoms with Gasteiger partial charge in [-0.2, -0.15) is 4.98 Å². The molecule has 4 rings (SSSR count). The lowest BCUT2D eigenvalue weighted by atomic mass is 10.2. The van der Waals surface area contributed by atoms with Crippen molar-refractivity contribution in [2.45, 2.75) is 19.9 Å². The number of rotatable bonds is 7. The molecule has 0 unspecified atom stereocenters. The predicted octanol–water partition coefficient (Wildman–Crippen LogP) is 3.35. The molecule has 3 aromatic rings. The van der Waals surface area contributed by atoms with Crippen LogP contribution in [0.5, 0.6) is 5.75 Å². The summed E-state index contributed by atoms with van der Waals surface area (Å²) in [5, 5.41) is 2.39. The molecule has 2 aromatic carbocycles. The zero-order valence-electron chi connectivity index (χ0n) is 20.5. The predicted molar refractivity (Wildman–Crippen MR) is 137 cm³/mol. The van der Waals surface area contributed by atoms with E-state index in [1.807, 2.05) is 36.5 Å². The smallest absolute Gasteiger partial charge is 0.329 e. The van der Waals surface area contributed by atoms with Crippen LogP contribution in [-0.2, 0) is 11.3 Å². The Bertz CT molecular complexity index is 1140. The molecule has 0 radical (unpaired) electrons. The van der Waals surface area contributed by atoms with Crippen LogP contribution in [0.2, 0.25) is 0 Å². The molecule has 0 bridgehead atoms. The van der Waals surface area contributed by atoms with Gasteiger partial charge in [-0.05, 0) is 29.8 Å². The Hall–Kier alpha value is -4.01. The summed E-state index contributed by atoms with van der Waals surface area (Å²) < 4.78 is 7.34. The van der Waals surface area contributed by atoms with Crippen molar-refractivity contribution in [3.8, 4) is 5.75 Å². The largest absolute Gasteiger partial charge is 0.497 e. The monoisotopic (exact) mass is 476 g/mol. The maximum absolute atomic E-state index is 12.5. The zero-order chi connectivity index (χ0) is 24.8. The Balaban J connectivity index is 1.53. The fourth-order valence-electron chi connectivity index (χ4n) is 4.06. The SMILES string of the molecule is CCC(=O)NC(=O)N(C)c1cn(Cc2ccccc2)c(N2CCN(c3ccc(OC)cc3)CC2)n1. The molecule has 35 heavy (non-hydrogen) atoms. The molecule has 0 spiro atoms. The van der Waals surface area contributed by atoms with Gasteiger partial charge in [-0.15, -0.1) is 0 Å². The number of hydrogen-bond donors (Lipinski definition) is 1. The van der Waals surface area contributed by atoms with Crippen LogP contribution in [0.25, 0.3) is 0 Å². The van der Waals surface area contributed by atoms with E-state index in [0.29, 0.717) is 12.4 Å². The van der Waals surface area contributed by atoms with Gasteiger partial charge in [0.05, 0.1) is 19.9 Å². The summed E-state index contributed by atoms with van der Waals surface area (Å²) in [6.07, 6.45) is 2.11. The molecule has 1 fully saturated rings. The van der Waals surface area contributed by atoms with Crippen molar-refractivity contribution in [2.75, 3.05) is 55.0 Å². The molecule has 0 atom stereocenters. The first-order valence-corrected chi connectivity index (χ1v) is 11.8. The Kier molecular flexibility index (Phi) is 7.54. The lowest BCUT2D eigenvalue weighted by Crippen LogP contribution is -2.47. The van der Waals surface area contributed by atoms with E-state index in [1.165, 1.54) is 4.90 Å². The Morgan fingerprint density at radius 2 is 1.66 bits per heavy atom. The number of urea groups is 1. The minimum absolute atomic E-state index is 0.242. The van der Waals surface area contributed by atoms with Gasteiger partial charge >= 0.3 is 6.03 Å². The van der Waals surface area contributed by atoms with Crippen LogP contribution in [-0.4, -0.2) is 61.8 Å². The van der Waals surface area contributed by atoms with Gasteiger partial charge in [0, 0.05) is 45.3 Å². The molecular formula is C26H32N6O3. The first-order valence-electron chi connectivity index (χ1n) is 11.8. The molecule has 1 aromatic heterocycles. The third-order valence-corrected chi connectivity index (χ3v) is 6.15. The average Bonchev–Trinajstić information content (AvgIpc) is 3.32. The molecular weight excluding hydrogens is 444 g/mol. The molecule has 3 amide bonds. The number of benzene rings is 2. The quantitative estimate of drug-likeness (QED) is 0.563. The fourth-order valence-corrected chi connectivity index (χ4v) is 4.06. The van der Waals surface area contributed by atoms with E-state index < -0.39 is 6.03 Å². The number of nitrogens with one attached hydrogen (secondary N) is 1. The summed E-state index contributed by atoms with van der Waals surface area (Å²) in [6.45, 7) is 5.62. The first kappa shape index (κ1) is 24.1. The number of nitrogens with zero attached hydrogens (tertiary/aromatic N) is 5. The Morgan fingerprint density at radius 1 is 1.00 bits per heavy atom. The number of piperazine rings is 1. The van der Waals surface area contributed by atoms with Crippen LogP contribution in [0.1, 0.15) is 18.9 Å². The van der Waals surface area contributed by atoms with Gasteiger partial charge in [-0.1, -0.05) is 37.3 Å². The summed E-state index contributed by atoms with van der Waals surface area (Å²) in [7, 11) is 3.29. The maximum Gasteiger partial charge on any atom is 0.329 e. The van der Waals surface area contributed by atoms with Crippen LogP contribution in [0.3, 0.4) is 0 Å². The average molecular weight is 477 g/mol. The van der Waals surface area contributed by atoms with Crippen molar-refractivity contribution in [1.82, 2.24) is 14.9 Å². The number of hydrogen-bond acceptors (Lipinski definition) is 6. The summed E-state index contributed by atoms with van der Waals surface area (Å²) in [6, 6.07) is 17.8. The number of carbonyl (C=O) groups excluding carboxylic acids is 2. The number of amides is 3. The minimum Gasteiger partial charge on any atom is -0.497 e. The van der Waals surface area contributed by atoms with Crippen molar-refractivity contribution in [2.24, 2.45) is 0 Å². The van der Waals surface area contributed by atoms with Gasteiger partial charge in [0.15, 0.2) is 5.82 Å². The minimum atomic E-state index is -0.489. The lowest BCUT2D eigenvalue weighted by Gasteiger charge is -2.36. The second kappa shape index (κ2) is 10.9. The van der Waals surface area contributed by atoms with Gasteiger partial charge in [0.25, 0.3) is 0 Å². The van der Waals surface area contributed by atoms with Crippen molar-refractivity contribution in [1.29, 1.82) is 0 Å². The number of anilines is 3. The lowest BCUT2D eigenvalue weighted by molar-refractivity contribution is -0.119. The number of imidazole rings is 1.